The number of rotatable bonds is 10. The lowest BCUT2D eigenvalue weighted by Crippen LogP contribution is -2.38. The summed E-state index contributed by atoms with van der Waals surface area (Å²) in [6, 6.07) is 18.4. The highest BCUT2D eigenvalue weighted by molar-refractivity contribution is 5.93. The third-order valence-electron chi connectivity index (χ3n) is 7.72. The van der Waals surface area contributed by atoms with Crippen LogP contribution >= 0.6 is 0 Å². The average molecular weight is 588 g/mol. The van der Waals surface area contributed by atoms with Crippen molar-refractivity contribution < 1.29 is 33.1 Å². The van der Waals surface area contributed by atoms with Gasteiger partial charge in [-0.1, -0.05) is 30.3 Å². The predicted molar refractivity (Wildman–Crippen MR) is 150 cm³/mol. The number of aryl methyl sites for hydroxylation is 1. The fraction of sp³-hybridized carbons (Fsp3) is 0.433. The first-order chi connectivity index (χ1) is 20.1. The van der Waals surface area contributed by atoms with Crippen LogP contribution in [-0.4, -0.2) is 75.3 Å². The monoisotopic (exact) mass is 587 g/mol. The number of hydroxylamine groups is 1. The Morgan fingerprint density at radius 1 is 1.02 bits per heavy atom. The maximum absolute atomic E-state index is 11.4. The highest BCUT2D eigenvalue weighted by Crippen LogP contribution is 2.41. The molecule has 2 fully saturated rings. The second kappa shape index (κ2) is 14.4. The van der Waals surface area contributed by atoms with E-state index in [9.17, 15) is 18.0 Å². The zero-order valence-electron chi connectivity index (χ0n) is 23.1. The van der Waals surface area contributed by atoms with Crippen LogP contribution in [0.5, 0.6) is 0 Å². The number of nitrogens with zero attached hydrogens (tertiary/aromatic N) is 3. The molecule has 2 aromatic carbocycles. The number of para-hydroxylation sites is 1. The van der Waals surface area contributed by atoms with E-state index in [0.717, 1.165) is 37.5 Å². The highest BCUT2D eigenvalue weighted by atomic mass is 19.4. The Morgan fingerprint density at radius 2 is 1.69 bits per heavy atom. The average Bonchev–Trinajstić information content (AvgIpc) is 3.60. The summed E-state index contributed by atoms with van der Waals surface area (Å²) in [6.45, 7) is 4.60. The van der Waals surface area contributed by atoms with Crippen molar-refractivity contribution in [3.63, 3.8) is 0 Å². The van der Waals surface area contributed by atoms with Crippen molar-refractivity contribution in [1.29, 1.82) is 0 Å². The molecule has 1 aliphatic heterocycles. The Labute approximate surface area is 242 Å². The Morgan fingerprint density at radius 3 is 2.31 bits per heavy atom. The Bertz CT molecular complexity index is 1290. The largest absolute Gasteiger partial charge is 0.490 e. The number of carbonyl (C=O) groups excluding carboxylic acids is 1. The van der Waals surface area contributed by atoms with E-state index in [1.165, 1.54) is 43.5 Å². The first kappa shape index (κ1) is 31.2. The lowest BCUT2D eigenvalue weighted by molar-refractivity contribution is -0.192. The molecule has 226 valence electrons. The van der Waals surface area contributed by atoms with Crippen LogP contribution in [0.1, 0.15) is 53.1 Å². The van der Waals surface area contributed by atoms with Gasteiger partial charge in [-0.05, 0) is 99.6 Å². The lowest BCUT2D eigenvalue weighted by Gasteiger charge is -2.32. The summed E-state index contributed by atoms with van der Waals surface area (Å²) in [4.78, 5) is 22.9. The van der Waals surface area contributed by atoms with E-state index in [2.05, 4.69) is 33.6 Å². The molecule has 3 aromatic rings. The fourth-order valence-electron chi connectivity index (χ4n) is 5.17. The van der Waals surface area contributed by atoms with Crippen LogP contribution in [0.25, 0.3) is 5.69 Å². The van der Waals surface area contributed by atoms with Crippen molar-refractivity contribution >= 4 is 11.9 Å². The van der Waals surface area contributed by atoms with Gasteiger partial charge in [-0.15, -0.1) is 0 Å². The summed E-state index contributed by atoms with van der Waals surface area (Å²) in [6.07, 6.45) is 4.99. The van der Waals surface area contributed by atoms with Crippen molar-refractivity contribution in [2.24, 2.45) is 5.92 Å². The summed E-state index contributed by atoms with van der Waals surface area (Å²) in [5, 5.41) is 24.2. The number of benzene rings is 2. The topological polar surface area (TPSA) is 120 Å². The minimum atomic E-state index is -5.08. The van der Waals surface area contributed by atoms with E-state index in [0.29, 0.717) is 17.5 Å². The van der Waals surface area contributed by atoms with E-state index in [4.69, 9.17) is 15.1 Å². The number of carbonyl (C=O) groups is 2. The molecule has 1 saturated heterocycles. The van der Waals surface area contributed by atoms with E-state index < -0.39 is 18.1 Å². The van der Waals surface area contributed by atoms with E-state index in [1.54, 1.807) is 17.6 Å². The van der Waals surface area contributed by atoms with Crippen molar-refractivity contribution in [3.05, 3.63) is 83.7 Å². The maximum atomic E-state index is 11.4. The molecule has 1 saturated carbocycles. The number of nitrogens with one attached hydrogen (secondary N) is 2. The number of piperidine rings is 1. The molecule has 1 amide bonds. The molecule has 2 heterocycles. The Hall–Kier alpha value is -3.74. The first-order valence-electron chi connectivity index (χ1n) is 14.0. The molecule has 5 rings (SSSR count). The number of alkyl halides is 3. The van der Waals surface area contributed by atoms with Crippen molar-refractivity contribution in [2.75, 3.05) is 26.2 Å². The highest BCUT2D eigenvalue weighted by Gasteiger charge is 2.39. The molecule has 2 aliphatic rings. The molecule has 0 radical (unpaired) electrons. The summed E-state index contributed by atoms with van der Waals surface area (Å²) >= 11 is 0. The standard InChI is InChI=1S/C28H35N5O2.C2HF3O2/c34-28(31-35)23-10-8-21(9-11-23)5-4-14-32-15-12-22(13-16-32)18-29-27-17-26(27)24-19-30-33(20-24)25-6-2-1-3-7-25;3-2(4,5)1(6)7/h1-3,6-11,19-20,22,26-27,29,35H,4-5,12-18H2,(H,31,34);(H,6,7). The second-order valence-corrected chi connectivity index (χ2v) is 10.7. The minimum Gasteiger partial charge on any atom is -0.475 e. The Balaban J connectivity index is 0.000000517. The summed E-state index contributed by atoms with van der Waals surface area (Å²) < 4.78 is 33.7. The number of aromatic nitrogens is 2. The zero-order chi connectivity index (χ0) is 30.1. The van der Waals surface area contributed by atoms with Crippen LogP contribution in [0, 0.1) is 5.92 Å². The molecule has 4 N–H and O–H groups in total. The van der Waals surface area contributed by atoms with Gasteiger partial charge in [0.05, 0.1) is 11.9 Å². The van der Waals surface area contributed by atoms with Crippen LogP contribution in [0.15, 0.2) is 67.0 Å². The van der Waals surface area contributed by atoms with Crippen molar-refractivity contribution in [2.45, 2.75) is 50.2 Å². The lowest BCUT2D eigenvalue weighted by atomic mass is 9.96. The van der Waals surface area contributed by atoms with Gasteiger partial charge in [-0.25, -0.2) is 15.0 Å². The summed E-state index contributed by atoms with van der Waals surface area (Å²) in [7, 11) is 0. The van der Waals surface area contributed by atoms with Crippen LogP contribution < -0.4 is 10.8 Å². The maximum Gasteiger partial charge on any atom is 0.490 e. The molecule has 42 heavy (non-hydrogen) atoms. The van der Waals surface area contributed by atoms with Gasteiger partial charge in [-0.3, -0.25) is 10.0 Å². The fourth-order valence-corrected chi connectivity index (χ4v) is 5.17. The molecular formula is C30H36F3N5O4. The molecule has 1 aliphatic carbocycles. The van der Waals surface area contributed by atoms with Crippen molar-refractivity contribution in [3.8, 4) is 5.69 Å². The molecule has 1 aromatic heterocycles. The van der Waals surface area contributed by atoms with Crippen LogP contribution in [0.4, 0.5) is 13.2 Å². The zero-order valence-corrected chi connectivity index (χ0v) is 23.1. The Kier molecular flexibility index (Phi) is 10.7. The molecule has 2 atom stereocenters. The van der Waals surface area contributed by atoms with Crippen LogP contribution in [-0.2, 0) is 11.2 Å². The summed E-state index contributed by atoms with van der Waals surface area (Å²) in [5.41, 5.74) is 5.83. The first-order valence-corrected chi connectivity index (χ1v) is 14.0. The molecule has 2 unspecified atom stereocenters. The van der Waals surface area contributed by atoms with Gasteiger partial charge in [-0.2, -0.15) is 18.3 Å². The third-order valence-corrected chi connectivity index (χ3v) is 7.72. The van der Waals surface area contributed by atoms with Gasteiger partial charge < -0.3 is 15.3 Å². The predicted octanol–water partition coefficient (Wildman–Crippen LogP) is 4.41. The van der Waals surface area contributed by atoms with E-state index in [1.807, 2.05) is 41.2 Å². The van der Waals surface area contributed by atoms with Gasteiger partial charge in [0, 0.05) is 23.7 Å². The third kappa shape index (κ3) is 9.13. The molecule has 0 bridgehead atoms. The van der Waals surface area contributed by atoms with E-state index in [-0.39, 0.29) is 0 Å². The number of amides is 1. The number of carboxylic acids is 1. The molecular weight excluding hydrogens is 551 g/mol. The van der Waals surface area contributed by atoms with Crippen LogP contribution in [0.2, 0.25) is 0 Å². The number of hydrogen-bond donors (Lipinski definition) is 4. The van der Waals surface area contributed by atoms with Gasteiger partial charge in [0.2, 0.25) is 0 Å². The molecule has 9 nitrogen and oxygen atoms in total. The second-order valence-electron chi connectivity index (χ2n) is 10.7. The van der Waals surface area contributed by atoms with Gasteiger partial charge in [0.15, 0.2) is 0 Å². The number of hydrogen-bond acceptors (Lipinski definition) is 6. The normalized spacial score (nSPS) is 19.0. The SMILES string of the molecule is O=C(NO)c1ccc(CCCN2CCC(CNC3CC3c3cnn(-c4ccccc4)c3)CC2)cc1.O=C(O)C(F)(F)F. The van der Waals surface area contributed by atoms with Gasteiger partial charge in [0.25, 0.3) is 5.91 Å². The van der Waals surface area contributed by atoms with Gasteiger partial charge in [0.1, 0.15) is 0 Å². The number of carboxylic acid groups (broad SMARTS) is 1. The summed E-state index contributed by atoms with van der Waals surface area (Å²) in [5.74, 6) is -1.86. The van der Waals surface area contributed by atoms with Crippen LogP contribution in [0.3, 0.4) is 0 Å². The number of aliphatic carboxylic acids is 1. The van der Waals surface area contributed by atoms with E-state index >= 15 is 0 Å². The quantitative estimate of drug-likeness (QED) is 0.205. The molecule has 12 heteroatoms. The number of halogens is 3. The number of likely N-dealkylation sites (tertiary alicyclic amines) is 1. The van der Waals surface area contributed by atoms with Gasteiger partial charge >= 0.3 is 12.1 Å². The minimum absolute atomic E-state index is 0.467. The molecule has 0 spiro atoms. The van der Waals surface area contributed by atoms with Crippen molar-refractivity contribution in [1.82, 2.24) is 25.5 Å². The smallest absolute Gasteiger partial charge is 0.475 e.